The quantitative estimate of drug-likeness (QED) is 0.743. The van der Waals surface area contributed by atoms with Gasteiger partial charge >= 0.3 is 0 Å². The fourth-order valence-electron chi connectivity index (χ4n) is 1.98. The van der Waals surface area contributed by atoms with Crippen LogP contribution in [0.5, 0.6) is 0 Å². The predicted molar refractivity (Wildman–Crippen MR) is 76.4 cm³/mol. The van der Waals surface area contributed by atoms with Crippen molar-refractivity contribution in [2.75, 3.05) is 6.54 Å². The molecule has 0 amide bonds. The molecular formula is C11H27NO4Si2. The van der Waals surface area contributed by atoms with Gasteiger partial charge in [0.25, 0.3) is 0 Å². The van der Waals surface area contributed by atoms with E-state index in [0.29, 0.717) is 6.54 Å². The van der Waals surface area contributed by atoms with Crippen molar-refractivity contribution in [3.63, 3.8) is 0 Å². The molecule has 1 fully saturated rings. The molecule has 1 rings (SSSR count). The monoisotopic (exact) mass is 293 g/mol. The molecule has 1 heterocycles. The maximum absolute atomic E-state index is 9.98. The highest BCUT2D eigenvalue weighted by molar-refractivity contribution is 6.70. The van der Waals surface area contributed by atoms with Gasteiger partial charge in [0, 0.05) is 6.54 Å². The Morgan fingerprint density at radius 1 is 1.00 bits per heavy atom. The number of hydrogen-bond donors (Lipinski definition) is 2. The van der Waals surface area contributed by atoms with Crippen molar-refractivity contribution in [1.82, 2.24) is 0 Å². The van der Waals surface area contributed by atoms with Gasteiger partial charge in [-0.3, -0.25) is 0 Å². The van der Waals surface area contributed by atoms with E-state index < -0.39 is 29.0 Å². The zero-order valence-electron chi connectivity index (χ0n) is 12.3. The van der Waals surface area contributed by atoms with Gasteiger partial charge in [-0.1, -0.05) is 0 Å². The van der Waals surface area contributed by atoms with Gasteiger partial charge in [0.15, 0.2) is 22.9 Å². The molecule has 7 heteroatoms. The fraction of sp³-hybridized carbons (Fsp3) is 1.00. The summed E-state index contributed by atoms with van der Waals surface area (Å²) in [5.74, 6) is 0. The predicted octanol–water partition coefficient (Wildman–Crippen LogP) is 1.10. The van der Waals surface area contributed by atoms with Gasteiger partial charge in [-0.2, -0.15) is 0 Å². The lowest BCUT2D eigenvalue weighted by Gasteiger charge is -2.33. The summed E-state index contributed by atoms with van der Waals surface area (Å²) in [6, 6.07) is 0. The average molecular weight is 294 g/mol. The van der Waals surface area contributed by atoms with Gasteiger partial charge in [-0.05, 0) is 39.3 Å². The maximum atomic E-state index is 9.98. The molecular weight excluding hydrogens is 266 g/mol. The summed E-state index contributed by atoms with van der Waals surface area (Å²) in [6.07, 6.45) is -1.90. The number of aliphatic hydroxyl groups is 1. The Kier molecular flexibility index (Phi) is 5.16. The highest BCUT2D eigenvalue weighted by Crippen LogP contribution is 2.29. The molecule has 18 heavy (non-hydrogen) atoms. The van der Waals surface area contributed by atoms with Crippen LogP contribution in [0.3, 0.4) is 0 Å². The van der Waals surface area contributed by atoms with E-state index in [1.165, 1.54) is 0 Å². The molecule has 1 aliphatic rings. The van der Waals surface area contributed by atoms with E-state index in [-0.39, 0.29) is 12.2 Å². The van der Waals surface area contributed by atoms with Gasteiger partial charge in [-0.25, -0.2) is 0 Å². The Morgan fingerprint density at radius 3 is 1.83 bits per heavy atom. The van der Waals surface area contributed by atoms with E-state index in [1.54, 1.807) is 0 Å². The first-order chi connectivity index (χ1) is 8.03. The third kappa shape index (κ3) is 4.73. The van der Waals surface area contributed by atoms with Crippen LogP contribution in [0, 0.1) is 0 Å². The summed E-state index contributed by atoms with van der Waals surface area (Å²) in [5, 5.41) is 9.98. The van der Waals surface area contributed by atoms with Crippen LogP contribution in [-0.2, 0) is 13.6 Å². The smallest absolute Gasteiger partial charge is 0.184 e. The summed E-state index contributed by atoms with van der Waals surface area (Å²) in [7, 11) is -3.51. The van der Waals surface area contributed by atoms with Crippen molar-refractivity contribution in [2.24, 2.45) is 5.73 Å². The van der Waals surface area contributed by atoms with Crippen LogP contribution in [0.15, 0.2) is 0 Å². The van der Waals surface area contributed by atoms with Crippen LogP contribution in [0.1, 0.15) is 0 Å². The van der Waals surface area contributed by atoms with E-state index in [2.05, 4.69) is 39.3 Å². The minimum atomic E-state index is -1.77. The summed E-state index contributed by atoms with van der Waals surface area (Å²) in [4.78, 5) is 0. The van der Waals surface area contributed by atoms with E-state index in [9.17, 15) is 5.11 Å². The average Bonchev–Trinajstić information content (AvgIpc) is 2.41. The molecule has 3 N–H and O–H groups in total. The lowest BCUT2D eigenvalue weighted by Crippen LogP contribution is -2.49. The summed E-state index contributed by atoms with van der Waals surface area (Å²) < 4.78 is 17.6. The molecule has 1 aliphatic heterocycles. The second-order valence-corrected chi connectivity index (χ2v) is 15.6. The number of ether oxygens (including phenoxy) is 1. The van der Waals surface area contributed by atoms with E-state index in [1.807, 2.05) is 0 Å². The second kappa shape index (κ2) is 5.70. The number of nitrogens with two attached hydrogens (primary N) is 1. The molecule has 0 spiro atoms. The number of rotatable bonds is 5. The Balaban J connectivity index is 2.83. The standard InChI is InChI=1S/C11H27NO4Si2/c1-17(2,3)15-9-8(7-12)14-11(13)10(9)16-18(4,5)6/h8-11,13H,7,12H2,1-6H3/t8-,9-,10-,11+/m1/s1. The van der Waals surface area contributed by atoms with Crippen molar-refractivity contribution in [3.05, 3.63) is 0 Å². The lowest BCUT2D eigenvalue weighted by molar-refractivity contribution is -0.121. The molecule has 0 radical (unpaired) electrons. The Bertz CT molecular complexity index is 277. The van der Waals surface area contributed by atoms with Crippen LogP contribution in [0.25, 0.3) is 0 Å². The van der Waals surface area contributed by atoms with Crippen molar-refractivity contribution in [3.8, 4) is 0 Å². The number of hydrogen-bond acceptors (Lipinski definition) is 5. The van der Waals surface area contributed by atoms with Gasteiger partial charge < -0.3 is 24.4 Å². The minimum absolute atomic E-state index is 0.261. The van der Waals surface area contributed by atoms with Crippen LogP contribution in [-0.4, -0.2) is 52.9 Å². The van der Waals surface area contributed by atoms with Gasteiger partial charge in [0.2, 0.25) is 0 Å². The first kappa shape index (κ1) is 16.3. The minimum Gasteiger partial charge on any atom is -0.409 e. The molecule has 0 bridgehead atoms. The topological polar surface area (TPSA) is 73.9 Å². The van der Waals surface area contributed by atoms with E-state index in [0.717, 1.165) is 0 Å². The highest BCUT2D eigenvalue weighted by atomic mass is 28.4. The molecule has 5 nitrogen and oxygen atoms in total. The Labute approximate surface area is 112 Å². The molecule has 0 unspecified atom stereocenters. The van der Waals surface area contributed by atoms with E-state index in [4.69, 9.17) is 19.3 Å². The van der Waals surface area contributed by atoms with Gasteiger partial charge in [0.05, 0.1) is 0 Å². The third-order valence-corrected chi connectivity index (χ3v) is 4.46. The SMILES string of the molecule is C[Si](C)(C)O[C@@H]1[C@H](O[Si](C)(C)C)[C@@H](CN)O[C@@H]1O. The van der Waals surface area contributed by atoms with Crippen molar-refractivity contribution in [2.45, 2.75) is 63.9 Å². The van der Waals surface area contributed by atoms with Crippen LogP contribution in [0.2, 0.25) is 39.3 Å². The molecule has 108 valence electrons. The van der Waals surface area contributed by atoms with Crippen LogP contribution < -0.4 is 5.73 Å². The Morgan fingerprint density at radius 2 is 1.44 bits per heavy atom. The normalized spacial score (nSPS) is 34.0. The summed E-state index contributed by atoms with van der Waals surface area (Å²) in [6.45, 7) is 12.9. The molecule has 0 aliphatic carbocycles. The highest BCUT2D eigenvalue weighted by Gasteiger charge is 2.47. The van der Waals surface area contributed by atoms with Gasteiger partial charge in [-0.15, -0.1) is 0 Å². The van der Waals surface area contributed by atoms with Gasteiger partial charge in [0.1, 0.15) is 18.3 Å². The van der Waals surface area contributed by atoms with Crippen molar-refractivity contribution < 1.29 is 18.7 Å². The fourth-order valence-corrected chi connectivity index (χ4v) is 4.15. The van der Waals surface area contributed by atoms with Crippen LogP contribution >= 0.6 is 0 Å². The zero-order valence-corrected chi connectivity index (χ0v) is 14.3. The molecule has 0 aromatic heterocycles. The van der Waals surface area contributed by atoms with Crippen LogP contribution in [0.4, 0.5) is 0 Å². The summed E-state index contributed by atoms with van der Waals surface area (Å²) in [5.41, 5.74) is 5.69. The first-order valence-electron chi connectivity index (χ1n) is 6.43. The second-order valence-electron chi connectivity index (χ2n) is 6.69. The summed E-state index contributed by atoms with van der Waals surface area (Å²) >= 11 is 0. The first-order valence-corrected chi connectivity index (χ1v) is 13.2. The third-order valence-electron chi connectivity index (χ3n) is 2.50. The molecule has 0 saturated carbocycles. The van der Waals surface area contributed by atoms with Crippen molar-refractivity contribution >= 4 is 16.6 Å². The molecule has 0 aromatic carbocycles. The van der Waals surface area contributed by atoms with Crippen molar-refractivity contribution in [1.29, 1.82) is 0 Å². The molecule has 1 saturated heterocycles. The maximum Gasteiger partial charge on any atom is 0.184 e. The van der Waals surface area contributed by atoms with E-state index >= 15 is 0 Å². The Hall–Kier alpha value is 0.234. The zero-order chi connectivity index (χ0) is 14.1. The largest absolute Gasteiger partial charge is 0.409 e. The molecule has 4 atom stereocenters. The number of aliphatic hydroxyl groups excluding tert-OH is 1. The molecule has 0 aromatic rings. The lowest BCUT2D eigenvalue weighted by atomic mass is 10.1.